The molecule has 4 nitrogen and oxygen atoms in total. The van der Waals surface area contributed by atoms with Crippen molar-refractivity contribution in [2.75, 3.05) is 11.2 Å². The number of nitriles is 1. The largest absolute Gasteiger partial charge is 0.324 e. The first kappa shape index (κ1) is 14.7. The summed E-state index contributed by atoms with van der Waals surface area (Å²) in [6.45, 7) is 0. The van der Waals surface area contributed by atoms with Crippen molar-refractivity contribution in [2.45, 2.75) is 12.8 Å². The van der Waals surface area contributed by atoms with Gasteiger partial charge in [-0.05, 0) is 18.2 Å². The van der Waals surface area contributed by atoms with Gasteiger partial charge in [-0.1, -0.05) is 15.9 Å². The van der Waals surface area contributed by atoms with Crippen LogP contribution < -0.4 is 5.32 Å². The number of halogens is 2. The lowest BCUT2D eigenvalue weighted by Gasteiger charge is -2.09. The monoisotopic (exact) mass is 328 g/mol. The third-order valence-corrected chi connectivity index (χ3v) is 2.80. The highest BCUT2D eigenvalue weighted by atomic mass is 79.9. The molecule has 0 bridgehead atoms. The van der Waals surface area contributed by atoms with Crippen molar-refractivity contribution < 1.29 is 9.59 Å². The summed E-state index contributed by atoms with van der Waals surface area (Å²) in [6.07, 6.45) is -0.0556. The van der Waals surface area contributed by atoms with Crippen LogP contribution in [-0.2, 0) is 4.79 Å². The first-order valence-electron chi connectivity index (χ1n) is 5.14. The molecule has 0 radical (unpaired) electrons. The second kappa shape index (κ2) is 7.14. The van der Waals surface area contributed by atoms with Gasteiger partial charge in [-0.3, -0.25) is 9.59 Å². The van der Waals surface area contributed by atoms with Crippen LogP contribution in [0.3, 0.4) is 0 Å². The van der Waals surface area contributed by atoms with Gasteiger partial charge in [0, 0.05) is 22.3 Å². The lowest BCUT2D eigenvalue weighted by Crippen LogP contribution is -2.14. The van der Waals surface area contributed by atoms with Crippen LogP contribution in [0.5, 0.6) is 0 Å². The summed E-state index contributed by atoms with van der Waals surface area (Å²) in [5.74, 6) is -0.374. The molecule has 1 N–H and O–H groups in total. The first-order chi connectivity index (χ1) is 8.58. The SMILES string of the molecule is N#CCC(=O)Nc1cc(Br)ccc1C(=O)CCCl. The molecule has 0 aromatic heterocycles. The van der Waals surface area contributed by atoms with E-state index in [2.05, 4.69) is 21.2 Å². The van der Waals surface area contributed by atoms with Crippen LogP contribution in [0, 0.1) is 11.3 Å². The van der Waals surface area contributed by atoms with Crippen molar-refractivity contribution in [1.29, 1.82) is 5.26 Å². The fraction of sp³-hybridized carbons (Fsp3) is 0.250. The number of nitrogens with zero attached hydrogens (tertiary/aromatic N) is 1. The molecule has 18 heavy (non-hydrogen) atoms. The number of rotatable bonds is 5. The zero-order valence-electron chi connectivity index (χ0n) is 9.37. The van der Waals surface area contributed by atoms with Crippen LogP contribution in [0.1, 0.15) is 23.2 Å². The highest BCUT2D eigenvalue weighted by Gasteiger charge is 2.13. The van der Waals surface area contributed by atoms with E-state index in [-0.39, 0.29) is 24.5 Å². The Morgan fingerprint density at radius 2 is 2.17 bits per heavy atom. The Hall–Kier alpha value is -1.38. The molecule has 0 spiro atoms. The number of nitrogens with one attached hydrogen (secondary N) is 1. The average molecular weight is 330 g/mol. The number of ketones is 1. The van der Waals surface area contributed by atoms with Crippen molar-refractivity contribution >= 4 is 44.9 Å². The number of benzene rings is 1. The molecule has 0 aliphatic rings. The number of hydrogen-bond donors (Lipinski definition) is 1. The topological polar surface area (TPSA) is 70.0 Å². The lowest BCUT2D eigenvalue weighted by atomic mass is 10.1. The van der Waals surface area contributed by atoms with Gasteiger partial charge in [0.05, 0.1) is 11.8 Å². The van der Waals surface area contributed by atoms with Crippen LogP contribution in [0.4, 0.5) is 5.69 Å². The van der Waals surface area contributed by atoms with E-state index in [1.54, 1.807) is 24.3 Å². The van der Waals surface area contributed by atoms with Gasteiger partial charge in [0.1, 0.15) is 6.42 Å². The van der Waals surface area contributed by atoms with E-state index in [0.717, 1.165) is 4.47 Å². The third kappa shape index (κ3) is 4.13. The maximum atomic E-state index is 11.8. The van der Waals surface area contributed by atoms with E-state index < -0.39 is 5.91 Å². The predicted octanol–water partition coefficient (Wildman–Crippen LogP) is 3.11. The summed E-state index contributed by atoms with van der Waals surface area (Å²) in [5, 5.41) is 11.0. The molecule has 0 unspecified atom stereocenters. The van der Waals surface area contributed by atoms with Crippen LogP contribution in [-0.4, -0.2) is 17.6 Å². The van der Waals surface area contributed by atoms with Gasteiger partial charge in [-0.25, -0.2) is 0 Å². The van der Waals surface area contributed by atoms with Crippen molar-refractivity contribution in [1.82, 2.24) is 0 Å². The first-order valence-corrected chi connectivity index (χ1v) is 6.46. The summed E-state index contributed by atoms with van der Waals surface area (Å²) in [5.41, 5.74) is 0.782. The zero-order chi connectivity index (χ0) is 13.5. The summed E-state index contributed by atoms with van der Waals surface area (Å²) in [7, 11) is 0. The molecule has 0 heterocycles. The van der Waals surface area contributed by atoms with Crippen LogP contribution in [0.25, 0.3) is 0 Å². The molecule has 1 aromatic carbocycles. The minimum Gasteiger partial charge on any atom is -0.324 e. The minimum atomic E-state index is -0.449. The average Bonchev–Trinajstić information content (AvgIpc) is 2.29. The van der Waals surface area contributed by atoms with Gasteiger partial charge < -0.3 is 5.32 Å². The fourth-order valence-electron chi connectivity index (χ4n) is 1.35. The van der Waals surface area contributed by atoms with Crippen molar-refractivity contribution in [3.05, 3.63) is 28.2 Å². The molecule has 0 saturated carbocycles. The number of anilines is 1. The summed E-state index contributed by atoms with van der Waals surface area (Å²) in [4.78, 5) is 23.2. The fourth-order valence-corrected chi connectivity index (χ4v) is 1.88. The molecule has 0 fully saturated rings. The Balaban J connectivity index is 3.01. The standard InChI is InChI=1S/C12H10BrClN2O2/c13-8-1-2-9(11(17)3-5-14)10(7-8)16-12(18)4-6-15/h1-2,7H,3-5H2,(H,16,18). The number of amides is 1. The molecular weight excluding hydrogens is 320 g/mol. The molecule has 0 aliphatic heterocycles. The van der Waals surface area contributed by atoms with E-state index in [1.165, 1.54) is 0 Å². The Morgan fingerprint density at radius 3 is 2.78 bits per heavy atom. The quantitative estimate of drug-likeness (QED) is 0.666. The molecule has 6 heteroatoms. The molecular formula is C12H10BrClN2O2. The Kier molecular flexibility index (Phi) is 5.83. The minimum absolute atomic E-state index is 0.148. The second-order valence-corrected chi connectivity index (χ2v) is 4.73. The lowest BCUT2D eigenvalue weighted by molar-refractivity contribution is -0.115. The van der Waals surface area contributed by atoms with Crippen LogP contribution in [0.15, 0.2) is 22.7 Å². The smallest absolute Gasteiger partial charge is 0.238 e. The second-order valence-electron chi connectivity index (χ2n) is 3.44. The van der Waals surface area contributed by atoms with Gasteiger partial charge in [-0.15, -0.1) is 11.6 Å². The zero-order valence-corrected chi connectivity index (χ0v) is 11.7. The van der Waals surface area contributed by atoms with Gasteiger partial charge in [0.25, 0.3) is 0 Å². The predicted molar refractivity (Wildman–Crippen MR) is 72.7 cm³/mol. The van der Waals surface area contributed by atoms with Crippen molar-refractivity contribution in [3.63, 3.8) is 0 Å². The molecule has 1 aromatic rings. The van der Waals surface area contributed by atoms with E-state index in [9.17, 15) is 9.59 Å². The Morgan fingerprint density at radius 1 is 1.44 bits per heavy atom. The van der Waals surface area contributed by atoms with E-state index in [0.29, 0.717) is 11.3 Å². The maximum Gasteiger partial charge on any atom is 0.238 e. The molecule has 94 valence electrons. The number of alkyl halides is 1. The maximum absolute atomic E-state index is 11.8. The van der Waals surface area contributed by atoms with Gasteiger partial charge in [-0.2, -0.15) is 5.26 Å². The number of hydrogen-bond acceptors (Lipinski definition) is 3. The molecule has 0 saturated heterocycles. The number of carbonyl (C=O) groups excluding carboxylic acids is 2. The Labute approximate surface area is 118 Å². The van der Waals surface area contributed by atoms with Crippen molar-refractivity contribution in [2.24, 2.45) is 0 Å². The number of carbonyl (C=O) groups is 2. The van der Waals surface area contributed by atoms with Crippen LogP contribution >= 0.6 is 27.5 Å². The third-order valence-electron chi connectivity index (χ3n) is 2.12. The number of Topliss-reactive ketones (excluding diaryl/α,β-unsaturated/α-hetero) is 1. The van der Waals surface area contributed by atoms with Crippen LogP contribution in [0.2, 0.25) is 0 Å². The normalized spacial score (nSPS) is 9.61. The summed E-state index contributed by atoms with van der Waals surface area (Å²) < 4.78 is 0.734. The molecule has 1 amide bonds. The molecule has 1 rings (SSSR count). The van der Waals surface area contributed by atoms with E-state index >= 15 is 0 Å². The summed E-state index contributed by atoms with van der Waals surface area (Å²) in [6, 6.07) is 6.69. The van der Waals surface area contributed by atoms with E-state index in [1.807, 2.05) is 0 Å². The highest BCUT2D eigenvalue weighted by molar-refractivity contribution is 9.10. The Bertz CT molecular complexity index is 511. The van der Waals surface area contributed by atoms with Gasteiger partial charge >= 0.3 is 0 Å². The summed E-state index contributed by atoms with van der Waals surface area (Å²) >= 11 is 8.78. The van der Waals surface area contributed by atoms with Gasteiger partial charge in [0.2, 0.25) is 5.91 Å². The van der Waals surface area contributed by atoms with Gasteiger partial charge in [0.15, 0.2) is 5.78 Å². The molecule has 0 aliphatic carbocycles. The highest BCUT2D eigenvalue weighted by Crippen LogP contribution is 2.23. The van der Waals surface area contributed by atoms with Crippen molar-refractivity contribution in [3.8, 4) is 6.07 Å². The van der Waals surface area contributed by atoms with E-state index in [4.69, 9.17) is 16.9 Å². The molecule has 0 atom stereocenters.